The van der Waals surface area contributed by atoms with Crippen molar-refractivity contribution in [2.75, 3.05) is 7.11 Å². The van der Waals surface area contributed by atoms with Crippen molar-refractivity contribution in [1.29, 1.82) is 0 Å². The zero-order chi connectivity index (χ0) is 16.4. The third kappa shape index (κ3) is 3.07. The summed E-state index contributed by atoms with van der Waals surface area (Å²) in [5.74, 6) is -0.107. The predicted octanol–water partition coefficient (Wildman–Crippen LogP) is 1.83. The van der Waals surface area contributed by atoms with Crippen molar-refractivity contribution in [3.63, 3.8) is 0 Å². The van der Waals surface area contributed by atoms with Crippen LogP contribution in [0.4, 0.5) is 0 Å². The summed E-state index contributed by atoms with van der Waals surface area (Å²) in [4.78, 5) is 28.8. The number of aryl methyl sites for hydroxylation is 1. The van der Waals surface area contributed by atoms with E-state index in [0.717, 1.165) is 5.01 Å². The Labute approximate surface area is 135 Å². The van der Waals surface area contributed by atoms with Crippen LogP contribution in [-0.2, 0) is 11.3 Å². The molecule has 0 aliphatic carbocycles. The molecule has 0 N–H and O–H groups in total. The summed E-state index contributed by atoms with van der Waals surface area (Å²) < 4.78 is 11.6. The summed E-state index contributed by atoms with van der Waals surface area (Å²) in [6.45, 7) is 1.69. The number of esters is 1. The molecule has 0 atom stereocenters. The van der Waals surface area contributed by atoms with Gasteiger partial charge in [-0.3, -0.25) is 4.79 Å². The number of ether oxygens (including phenoxy) is 2. The number of para-hydroxylation sites is 1. The van der Waals surface area contributed by atoms with E-state index in [2.05, 4.69) is 10.1 Å². The highest BCUT2D eigenvalue weighted by Crippen LogP contribution is 2.18. The van der Waals surface area contributed by atoms with Crippen molar-refractivity contribution < 1.29 is 14.3 Å². The number of fused-ring (bicyclic) bond motifs is 1. The minimum Gasteiger partial charge on any atom is -0.496 e. The normalized spacial score (nSPS) is 10.7. The average molecular weight is 331 g/mol. The number of aromatic nitrogens is 3. The minimum absolute atomic E-state index is 0.0976. The molecule has 2 aromatic heterocycles. The molecule has 7 nitrogen and oxygen atoms in total. The van der Waals surface area contributed by atoms with Gasteiger partial charge in [-0.25, -0.2) is 9.78 Å². The summed E-state index contributed by atoms with van der Waals surface area (Å²) in [7, 11) is 1.48. The number of rotatable bonds is 4. The Bertz CT molecular complexity index is 932. The molecule has 0 spiro atoms. The molecule has 8 heteroatoms. The molecule has 2 heterocycles. The van der Waals surface area contributed by atoms with Crippen LogP contribution in [0.3, 0.4) is 0 Å². The lowest BCUT2D eigenvalue weighted by atomic mass is 10.2. The zero-order valence-electron chi connectivity index (χ0n) is 12.5. The molecule has 3 aromatic rings. The quantitative estimate of drug-likeness (QED) is 0.678. The summed E-state index contributed by atoms with van der Waals surface area (Å²) in [6.07, 6.45) is 0. The lowest BCUT2D eigenvalue weighted by molar-refractivity contribution is 0.0464. The number of carbonyl (C=O) groups excluding carboxylic acids is 1. The second kappa shape index (κ2) is 6.17. The van der Waals surface area contributed by atoms with E-state index < -0.39 is 5.97 Å². The van der Waals surface area contributed by atoms with E-state index in [0.29, 0.717) is 22.0 Å². The van der Waals surface area contributed by atoms with Crippen LogP contribution in [-0.4, -0.2) is 27.7 Å². The van der Waals surface area contributed by atoms with Crippen LogP contribution in [0, 0.1) is 6.92 Å². The van der Waals surface area contributed by atoms with Gasteiger partial charge < -0.3 is 9.47 Å². The molecule has 0 unspecified atom stereocenters. The van der Waals surface area contributed by atoms with Crippen LogP contribution in [0.1, 0.15) is 21.1 Å². The summed E-state index contributed by atoms with van der Waals surface area (Å²) in [6, 6.07) is 8.07. The van der Waals surface area contributed by atoms with Gasteiger partial charge in [-0.15, -0.1) is 0 Å². The van der Waals surface area contributed by atoms with Gasteiger partial charge in [0.1, 0.15) is 22.9 Å². The summed E-state index contributed by atoms with van der Waals surface area (Å²) >= 11 is 1.30. The fourth-order valence-electron chi connectivity index (χ4n) is 2.06. The zero-order valence-corrected chi connectivity index (χ0v) is 13.3. The van der Waals surface area contributed by atoms with E-state index in [1.165, 1.54) is 29.0 Å². The molecule has 23 heavy (non-hydrogen) atoms. The maximum atomic E-state index is 12.1. The van der Waals surface area contributed by atoms with Gasteiger partial charge in [0.15, 0.2) is 0 Å². The maximum absolute atomic E-state index is 12.1. The summed E-state index contributed by atoms with van der Waals surface area (Å²) in [5.41, 5.74) is 0.394. The fraction of sp³-hybridized carbons (Fsp3) is 0.200. The van der Waals surface area contributed by atoms with Crippen molar-refractivity contribution in [1.82, 2.24) is 14.6 Å². The van der Waals surface area contributed by atoms with E-state index in [1.54, 1.807) is 31.2 Å². The molecule has 0 radical (unpaired) electrons. The Balaban J connectivity index is 1.80. The smallest absolute Gasteiger partial charge is 0.342 e. The number of hydrogen-bond donors (Lipinski definition) is 0. The first-order chi connectivity index (χ1) is 11.1. The van der Waals surface area contributed by atoms with Crippen LogP contribution >= 0.6 is 11.3 Å². The average Bonchev–Trinajstić information content (AvgIpc) is 2.93. The Morgan fingerprint density at radius 1 is 1.35 bits per heavy atom. The first-order valence-electron chi connectivity index (χ1n) is 6.75. The largest absolute Gasteiger partial charge is 0.496 e. The molecular formula is C15H13N3O4S. The number of hydrogen-bond acceptors (Lipinski definition) is 7. The van der Waals surface area contributed by atoms with Crippen molar-refractivity contribution in [3.05, 3.63) is 57.0 Å². The number of benzene rings is 1. The first-order valence-corrected chi connectivity index (χ1v) is 7.56. The lowest BCUT2D eigenvalue weighted by Gasteiger charge is -2.08. The minimum atomic E-state index is -0.537. The Morgan fingerprint density at radius 3 is 2.91 bits per heavy atom. The van der Waals surface area contributed by atoms with Gasteiger partial charge >= 0.3 is 5.97 Å². The second-order valence-electron chi connectivity index (χ2n) is 4.68. The predicted molar refractivity (Wildman–Crippen MR) is 84.0 cm³/mol. The first kappa shape index (κ1) is 15.2. The van der Waals surface area contributed by atoms with Crippen molar-refractivity contribution >= 4 is 22.3 Å². The van der Waals surface area contributed by atoms with E-state index >= 15 is 0 Å². The van der Waals surface area contributed by atoms with Gasteiger partial charge in [-0.05, 0) is 19.1 Å². The highest BCUT2D eigenvalue weighted by atomic mass is 32.1. The lowest BCUT2D eigenvalue weighted by Crippen LogP contribution is -2.16. The fourth-order valence-corrected chi connectivity index (χ4v) is 2.82. The standard InChI is InChI=1S/C15H13N3O4S/c1-9-17-18-13(19)7-10(16-15(18)23-9)8-22-14(20)11-5-3-4-6-12(11)21-2/h3-7H,8H2,1-2H3. The highest BCUT2D eigenvalue weighted by Gasteiger charge is 2.14. The highest BCUT2D eigenvalue weighted by molar-refractivity contribution is 7.16. The Hall–Kier alpha value is -2.74. The van der Waals surface area contributed by atoms with E-state index in [4.69, 9.17) is 9.47 Å². The molecule has 118 valence electrons. The molecule has 0 aliphatic heterocycles. The van der Waals surface area contributed by atoms with E-state index in [1.807, 2.05) is 0 Å². The van der Waals surface area contributed by atoms with Gasteiger partial charge in [-0.1, -0.05) is 23.5 Å². The van der Waals surface area contributed by atoms with Crippen molar-refractivity contribution in [3.8, 4) is 5.75 Å². The van der Waals surface area contributed by atoms with Gasteiger partial charge in [0.05, 0.1) is 12.8 Å². The molecule has 0 amide bonds. The molecule has 0 saturated carbocycles. The van der Waals surface area contributed by atoms with E-state index in [9.17, 15) is 9.59 Å². The monoisotopic (exact) mass is 331 g/mol. The van der Waals surface area contributed by atoms with Crippen LogP contribution in [0.15, 0.2) is 35.1 Å². The van der Waals surface area contributed by atoms with Gasteiger partial charge in [-0.2, -0.15) is 9.61 Å². The number of methoxy groups -OCH3 is 1. The third-order valence-electron chi connectivity index (χ3n) is 3.08. The number of nitrogens with zero attached hydrogens (tertiary/aromatic N) is 3. The van der Waals surface area contributed by atoms with Gasteiger partial charge in [0.25, 0.3) is 5.56 Å². The van der Waals surface area contributed by atoms with Gasteiger partial charge in [0, 0.05) is 6.07 Å². The molecule has 3 rings (SSSR count). The Kier molecular flexibility index (Phi) is 4.07. The molecule has 1 aromatic carbocycles. The van der Waals surface area contributed by atoms with E-state index in [-0.39, 0.29) is 12.2 Å². The SMILES string of the molecule is COc1ccccc1C(=O)OCc1cc(=O)n2nc(C)sc2n1. The molecule has 0 fully saturated rings. The molecule has 0 aliphatic rings. The van der Waals surface area contributed by atoms with Crippen LogP contribution < -0.4 is 10.3 Å². The summed E-state index contributed by atoms with van der Waals surface area (Å²) in [5, 5.41) is 4.79. The van der Waals surface area contributed by atoms with Crippen LogP contribution in [0.25, 0.3) is 4.96 Å². The van der Waals surface area contributed by atoms with Crippen molar-refractivity contribution in [2.45, 2.75) is 13.5 Å². The van der Waals surface area contributed by atoms with Crippen LogP contribution in [0.2, 0.25) is 0 Å². The van der Waals surface area contributed by atoms with Crippen molar-refractivity contribution in [2.24, 2.45) is 0 Å². The second-order valence-corrected chi connectivity index (χ2v) is 5.84. The van der Waals surface area contributed by atoms with Gasteiger partial charge in [0.2, 0.25) is 4.96 Å². The molecule has 0 bridgehead atoms. The van der Waals surface area contributed by atoms with Crippen LogP contribution in [0.5, 0.6) is 5.75 Å². The molecule has 0 saturated heterocycles. The third-order valence-corrected chi connectivity index (χ3v) is 3.90. The Morgan fingerprint density at radius 2 is 2.13 bits per heavy atom. The number of carbonyl (C=O) groups is 1. The topological polar surface area (TPSA) is 82.8 Å². The molecular weight excluding hydrogens is 318 g/mol. The maximum Gasteiger partial charge on any atom is 0.342 e.